The number of rotatable bonds is 3. The molecule has 23 heavy (non-hydrogen) atoms. The van der Waals surface area contributed by atoms with E-state index in [9.17, 15) is 14.9 Å². The third kappa shape index (κ3) is 2.00. The summed E-state index contributed by atoms with van der Waals surface area (Å²) in [7, 11) is 0. The summed E-state index contributed by atoms with van der Waals surface area (Å²) in [5, 5.41) is 20.5. The highest BCUT2D eigenvalue weighted by Crippen LogP contribution is 2.37. The van der Waals surface area contributed by atoms with Crippen LogP contribution in [0.1, 0.15) is 27.7 Å². The van der Waals surface area contributed by atoms with Crippen LogP contribution in [0.2, 0.25) is 0 Å². The SMILES string of the molecule is O=C1NC(c2ccc([N+](=O)[O-])cc2)c2c1n[nH]c2-c1ccco1. The molecule has 1 aliphatic heterocycles. The lowest BCUT2D eigenvalue weighted by Gasteiger charge is -2.12. The fourth-order valence-corrected chi connectivity index (χ4v) is 2.72. The number of nitrogens with one attached hydrogen (secondary N) is 2. The average molecular weight is 310 g/mol. The van der Waals surface area contributed by atoms with E-state index in [-0.39, 0.29) is 11.6 Å². The lowest BCUT2D eigenvalue weighted by Crippen LogP contribution is -2.21. The zero-order valence-electron chi connectivity index (χ0n) is 11.6. The second-order valence-corrected chi connectivity index (χ2v) is 5.09. The fraction of sp³-hybridized carbons (Fsp3) is 0.0667. The first-order valence-corrected chi connectivity index (χ1v) is 6.82. The minimum absolute atomic E-state index is 0.00301. The molecule has 1 unspecified atom stereocenters. The van der Waals surface area contributed by atoms with Crippen molar-refractivity contribution in [3.8, 4) is 11.5 Å². The van der Waals surface area contributed by atoms with E-state index in [1.165, 1.54) is 18.4 Å². The topological polar surface area (TPSA) is 114 Å². The summed E-state index contributed by atoms with van der Waals surface area (Å²) in [5.74, 6) is 0.277. The molecule has 0 saturated carbocycles. The Hall–Kier alpha value is -3.42. The number of hydrogen-bond donors (Lipinski definition) is 2. The lowest BCUT2D eigenvalue weighted by molar-refractivity contribution is -0.384. The number of benzene rings is 1. The van der Waals surface area contributed by atoms with E-state index in [1.54, 1.807) is 24.3 Å². The van der Waals surface area contributed by atoms with Crippen LogP contribution in [-0.4, -0.2) is 21.0 Å². The van der Waals surface area contributed by atoms with Crippen molar-refractivity contribution < 1.29 is 14.1 Å². The molecule has 0 radical (unpaired) electrons. The summed E-state index contributed by atoms with van der Waals surface area (Å²) in [6.45, 7) is 0. The van der Waals surface area contributed by atoms with E-state index in [4.69, 9.17) is 4.42 Å². The number of nitrogens with zero attached hydrogens (tertiary/aromatic N) is 2. The number of fused-ring (bicyclic) bond motifs is 1. The van der Waals surface area contributed by atoms with Gasteiger partial charge in [-0.15, -0.1) is 0 Å². The van der Waals surface area contributed by atoms with Crippen molar-refractivity contribution in [2.75, 3.05) is 0 Å². The number of non-ortho nitro benzene ring substituents is 1. The first-order chi connectivity index (χ1) is 11.1. The molecule has 0 saturated heterocycles. The molecular formula is C15H10N4O4. The van der Waals surface area contributed by atoms with Crippen molar-refractivity contribution >= 4 is 11.6 Å². The summed E-state index contributed by atoms with van der Waals surface area (Å²) in [6, 6.07) is 9.14. The van der Waals surface area contributed by atoms with Gasteiger partial charge in [0.25, 0.3) is 11.6 Å². The maximum Gasteiger partial charge on any atom is 0.272 e. The quantitative estimate of drug-likeness (QED) is 0.569. The van der Waals surface area contributed by atoms with Gasteiger partial charge in [-0.25, -0.2) is 0 Å². The van der Waals surface area contributed by atoms with Gasteiger partial charge in [-0.1, -0.05) is 0 Å². The summed E-state index contributed by atoms with van der Waals surface area (Å²) >= 11 is 0. The molecular weight excluding hydrogens is 300 g/mol. The smallest absolute Gasteiger partial charge is 0.272 e. The highest BCUT2D eigenvalue weighted by molar-refractivity contribution is 5.99. The van der Waals surface area contributed by atoms with Crippen LogP contribution in [0.5, 0.6) is 0 Å². The number of aromatic nitrogens is 2. The van der Waals surface area contributed by atoms with E-state index in [0.29, 0.717) is 22.7 Å². The maximum atomic E-state index is 12.1. The van der Waals surface area contributed by atoms with Crippen LogP contribution in [0.3, 0.4) is 0 Å². The number of amides is 1. The molecule has 3 aromatic rings. The number of carbonyl (C=O) groups is 1. The van der Waals surface area contributed by atoms with Gasteiger partial charge in [0, 0.05) is 17.7 Å². The van der Waals surface area contributed by atoms with Crippen LogP contribution in [0.4, 0.5) is 5.69 Å². The molecule has 2 aromatic heterocycles. The van der Waals surface area contributed by atoms with E-state index in [2.05, 4.69) is 15.5 Å². The molecule has 1 atom stereocenters. The predicted molar refractivity (Wildman–Crippen MR) is 78.7 cm³/mol. The average Bonchev–Trinajstić information content (AvgIpc) is 3.25. The van der Waals surface area contributed by atoms with Gasteiger partial charge in [0.1, 0.15) is 5.69 Å². The van der Waals surface area contributed by atoms with Crippen molar-refractivity contribution in [1.82, 2.24) is 15.5 Å². The maximum absolute atomic E-state index is 12.1. The molecule has 0 fully saturated rings. The van der Waals surface area contributed by atoms with E-state index < -0.39 is 11.0 Å². The van der Waals surface area contributed by atoms with Crippen molar-refractivity contribution in [3.63, 3.8) is 0 Å². The standard InChI is InChI=1S/C15H10N4O4/c20-15-14-11(13(17-18-14)10-2-1-7-23-10)12(16-15)8-3-5-9(6-4-8)19(21)22/h1-7,12H,(H,16,20)(H,17,18). The van der Waals surface area contributed by atoms with Crippen molar-refractivity contribution in [2.24, 2.45) is 0 Å². The first kappa shape index (κ1) is 13.3. The first-order valence-electron chi connectivity index (χ1n) is 6.82. The Morgan fingerprint density at radius 3 is 2.65 bits per heavy atom. The van der Waals surface area contributed by atoms with Gasteiger partial charge in [-0.3, -0.25) is 20.0 Å². The van der Waals surface area contributed by atoms with Gasteiger partial charge in [0.15, 0.2) is 11.5 Å². The zero-order chi connectivity index (χ0) is 16.0. The number of aromatic amines is 1. The van der Waals surface area contributed by atoms with Crippen molar-refractivity contribution in [2.45, 2.75) is 6.04 Å². The van der Waals surface area contributed by atoms with Crippen LogP contribution in [0.15, 0.2) is 47.1 Å². The van der Waals surface area contributed by atoms with Crippen molar-refractivity contribution in [1.29, 1.82) is 0 Å². The normalized spacial score (nSPS) is 16.2. The van der Waals surface area contributed by atoms with E-state index in [0.717, 1.165) is 5.56 Å². The Morgan fingerprint density at radius 2 is 2.00 bits per heavy atom. The van der Waals surface area contributed by atoms with Gasteiger partial charge in [-0.2, -0.15) is 5.10 Å². The second kappa shape index (κ2) is 4.80. The van der Waals surface area contributed by atoms with Gasteiger partial charge in [0.2, 0.25) is 0 Å². The summed E-state index contributed by atoms with van der Waals surface area (Å²) in [6.07, 6.45) is 1.54. The number of furan rings is 1. The third-order valence-electron chi connectivity index (χ3n) is 3.79. The molecule has 4 rings (SSSR count). The monoisotopic (exact) mass is 310 g/mol. The molecule has 1 amide bonds. The number of carbonyl (C=O) groups excluding carboxylic acids is 1. The Bertz CT molecular complexity index is 896. The molecule has 8 heteroatoms. The van der Waals surface area contributed by atoms with Crippen LogP contribution >= 0.6 is 0 Å². The molecule has 1 aliphatic rings. The molecule has 0 spiro atoms. The second-order valence-electron chi connectivity index (χ2n) is 5.09. The van der Waals surface area contributed by atoms with Crippen LogP contribution in [0.25, 0.3) is 11.5 Å². The Kier molecular flexibility index (Phi) is 2.77. The number of hydrogen-bond acceptors (Lipinski definition) is 5. The number of H-pyrrole nitrogens is 1. The Labute approximate surface area is 129 Å². The largest absolute Gasteiger partial charge is 0.463 e. The Morgan fingerprint density at radius 1 is 1.22 bits per heavy atom. The van der Waals surface area contributed by atoms with Crippen LogP contribution < -0.4 is 5.32 Å². The highest BCUT2D eigenvalue weighted by atomic mass is 16.6. The van der Waals surface area contributed by atoms with Crippen LogP contribution in [-0.2, 0) is 0 Å². The van der Waals surface area contributed by atoms with Gasteiger partial charge in [0.05, 0.1) is 17.2 Å². The summed E-state index contributed by atoms with van der Waals surface area (Å²) in [5.41, 5.74) is 2.33. The summed E-state index contributed by atoms with van der Waals surface area (Å²) < 4.78 is 5.37. The fourth-order valence-electron chi connectivity index (χ4n) is 2.72. The van der Waals surface area contributed by atoms with E-state index in [1.807, 2.05) is 0 Å². The molecule has 8 nitrogen and oxygen atoms in total. The summed E-state index contributed by atoms with van der Waals surface area (Å²) in [4.78, 5) is 22.4. The molecule has 2 N–H and O–H groups in total. The molecule has 0 bridgehead atoms. The third-order valence-corrected chi connectivity index (χ3v) is 3.79. The minimum atomic E-state index is -0.464. The van der Waals surface area contributed by atoms with Gasteiger partial charge >= 0.3 is 0 Å². The lowest BCUT2D eigenvalue weighted by atomic mass is 9.99. The molecule has 1 aromatic carbocycles. The molecule has 3 heterocycles. The molecule has 0 aliphatic carbocycles. The predicted octanol–water partition coefficient (Wildman–Crippen LogP) is 2.41. The molecule has 114 valence electrons. The number of nitro benzene ring substituents is 1. The van der Waals surface area contributed by atoms with Crippen molar-refractivity contribution in [3.05, 3.63) is 69.6 Å². The highest BCUT2D eigenvalue weighted by Gasteiger charge is 2.36. The van der Waals surface area contributed by atoms with Gasteiger partial charge < -0.3 is 9.73 Å². The van der Waals surface area contributed by atoms with Crippen LogP contribution in [0, 0.1) is 10.1 Å². The zero-order valence-corrected chi connectivity index (χ0v) is 11.6. The van der Waals surface area contributed by atoms with E-state index >= 15 is 0 Å². The number of nitro groups is 1. The Balaban J connectivity index is 1.80. The van der Waals surface area contributed by atoms with Gasteiger partial charge in [-0.05, 0) is 29.8 Å². The minimum Gasteiger partial charge on any atom is -0.463 e.